The lowest BCUT2D eigenvalue weighted by atomic mass is 9.79. The number of amides is 2. The molecule has 1 aromatic carbocycles. The van der Waals surface area contributed by atoms with Crippen LogP contribution >= 0.6 is 0 Å². The molecule has 7 nitrogen and oxygen atoms in total. The molecule has 2 fully saturated rings. The number of ether oxygens (including phenoxy) is 1. The smallest absolute Gasteiger partial charge is 0.266 e. The van der Waals surface area contributed by atoms with Gasteiger partial charge >= 0.3 is 0 Å². The normalized spacial score (nSPS) is 25.3. The lowest BCUT2D eigenvalue weighted by Gasteiger charge is -2.36. The molecule has 2 aliphatic rings. The summed E-state index contributed by atoms with van der Waals surface area (Å²) in [6.45, 7) is 6.33. The minimum absolute atomic E-state index is 0.0163. The van der Waals surface area contributed by atoms with E-state index in [1.807, 2.05) is 57.2 Å². The summed E-state index contributed by atoms with van der Waals surface area (Å²) in [5, 5.41) is 9.08. The van der Waals surface area contributed by atoms with Gasteiger partial charge in [-0.3, -0.25) is 19.8 Å². The van der Waals surface area contributed by atoms with E-state index in [-0.39, 0.29) is 11.9 Å². The summed E-state index contributed by atoms with van der Waals surface area (Å²) in [5.41, 5.74) is 4.94. The molecule has 7 heteroatoms. The number of hydrogen-bond donors (Lipinski definition) is 2. The van der Waals surface area contributed by atoms with Crippen LogP contribution in [0.1, 0.15) is 55.1 Å². The van der Waals surface area contributed by atoms with Gasteiger partial charge in [0, 0.05) is 17.4 Å². The molecule has 0 saturated carbocycles. The van der Waals surface area contributed by atoms with Crippen LogP contribution in [0.4, 0.5) is 0 Å². The number of hydroxylamine groups is 1. The molecule has 0 bridgehead atoms. The molecular weight excluding hydrogens is 394 g/mol. The number of pyridine rings is 1. The van der Waals surface area contributed by atoms with E-state index in [9.17, 15) is 9.59 Å². The number of nitrogens with zero attached hydrogens (tertiary/aromatic N) is 2. The summed E-state index contributed by atoms with van der Waals surface area (Å²) in [7, 11) is 0. The minimum atomic E-state index is -0.694. The van der Waals surface area contributed by atoms with Gasteiger partial charge in [0.2, 0.25) is 5.91 Å². The van der Waals surface area contributed by atoms with Crippen LogP contribution in [0, 0.1) is 13.8 Å². The van der Waals surface area contributed by atoms with E-state index in [0.29, 0.717) is 19.4 Å². The second kappa shape index (κ2) is 8.30. The fraction of sp³-hybridized carbons (Fsp3) is 0.458. The largest absolute Gasteiger partial charge is 0.489 e. The van der Waals surface area contributed by atoms with E-state index in [0.717, 1.165) is 41.1 Å². The summed E-state index contributed by atoms with van der Waals surface area (Å²) in [6, 6.07) is 11.1. The van der Waals surface area contributed by atoms with E-state index < -0.39 is 17.4 Å². The molecule has 2 saturated heterocycles. The van der Waals surface area contributed by atoms with Crippen LogP contribution in [0.3, 0.4) is 0 Å². The van der Waals surface area contributed by atoms with Crippen molar-refractivity contribution in [3.05, 3.63) is 58.9 Å². The Hall–Kier alpha value is -2.93. The highest BCUT2D eigenvalue weighted by Gasteiger charge is 2.53. The van der Waals surface area contributed by atoms with Gasteiger partial charge in [0.1, 0.15) is 18.4 Å². The Bertz CT molecular complexity index is 971. The third kappa shape index (κ3) is 4.02. The van der Waals surface area contributed by atoms with Gasteiger partial charge < -0.3 is 9.64 Å². The molecule has 3 unspecified atom stereocenters. The molecule has 0 spiro atoms. The average molecular weight is 424 g/mol. The summed E-state index contributed by atoms with van der Waals surface area (Å²) in [6.07, 6.45) is 2.98. The molecule has 3 heterocycles. The highest BCUT2D eigenvalue weighted by atomic mass is 16.5. The van der Waals surface area contributed by atoms with Gasteiger partial charge in [0.25, 0.3) is 5.91 Å². The Morgan fingerprint density at radius 1 is 1.23 bits per heavy atom. The van der Waals surface area contributed by atoms with E-state index in [4.69, 9.17) is 9.94 Å². The number of piperidine rings is 1. The molecule has 2 aliphatic heterocycles. The van der Waals surface area contributed by atoms with Crippen molar-refractivity contribution in [3.63, 3.8) is 0 Å². The molecular formula is C24H29N3O4. The van der Waals surface area contributed by atoms with Crippen LogP contribution in [0.2, 0.25) is 0 Å². The zero-order valence-electron chi connectivity index (χ0n) is 18.2. The van der Waals surface area contributed by atoms with Gasteiger partial charge in [0.15, 0.2) is 0 Å². The predicted octanol–water partition coefficient (Wildman–Crippen LogP) is 3.19. The first-order valence-electron chi connectivity index (χ1n) is 10.8. The van der Waals surface area contributed by atoms with Crippen LogP contribution in [-0.4, -0.2) is 39.0 Å². The fourth-order valence-corrected chi connectivity index (χ4v) is 5.09. The maximum Gasteiger partial charge on any atom is 0.266 e. The van der Waals surface area contributed by atoms with Crippen molar-refractivity contribution in [3.8, 4) is 5.75 Å². The highest BCUT2D eigenvalue weighted by molar-refractivity contribution is 5.95. The van der Waals surface area contributed by atoms with E-state index in [1.54, 1.807) is 10.4 Å². The van der Waals surface area contributed by atoms with Gasteiger partial charge in [-0.05, 0) is 81.8 Å². The number of carbonyl (C=O) groups excluding carboxylic acids is 2. The van der Waals surface area contributed by atoms with E-state index in [1.165, 1.54) is 0 Å². The standard InChI is InChI=1S/C24H29N3O4/c1-15-11-17(12-16(2)25-15)14-31-20-9-7-18(8-10-20)24(3)13-19-5-4-6-21(22(28)26-30)27(19)23(24)29/h7-12,19,21,30H,4-6,13-14H2,1-3H3,(H,26,28). The monoisotopic (exact) mass is 423 g/mol. The maximum atomic E-state index is 13.4. The SMILES string of the molecule is Cc1cc(COc2ccc(C3(C)CC4CCCC(C(=O)NO)N4C3=O)cc2)cc(C)n1. The summed E-state index contributed by atoms with van der Waals surface area (Å²) in [5.74, 6) is 0.176. The second-order valence-electron chi connectivity index (χ2n) is 8.90. The van der Waals surface area contributed by atoms with Crippen molar-refractivity contribution in [1.29, 1.82) is 0 Å². The Morgan fingerprint density at radius 2 is 1.90 bits per heavy atom. The number of hydrogen-bond acceptors (Lipinski definition) is 5. The second-order valence-corrected chi connectivity index (χ2v) is 8.90. The zero-order valence-corrected chi connectivity index (χ0v) is 18.2. The third-order valence-electron chi connectivity index (χ3n) is 6.55. The third-order valence-corrected chi connectivity index (χ3v) is 6.55. The fourth-order valence-electron chi connectivity index (χ4n) is 5.09. The molecule has 0 radical (unpaired) electrons. The topological polar surface area (TPSA) is 91.8 Å². The molecule has 0 aliphatic carbocycles. The number of nitrogens with one attached hydrogen (secondary N) is 1. The quantitative estimate of drug-likeness (QED) is 0.569. The molecule has 3 atom stereocenters. The van der Waals surface area contributed by atoms with Crippen LogP contribution in [0.5, 0.6) is 5.75 Å². The molecule has 2 amide bonds. The van der Waals surface area contributed by atoms with Crippen molar-refractivity contribution < 1.29 is 19.5 Å². The molecule has 2 aromatic rings. The van der Waals surface area contributed by atoms with Gasteiger partial charge in [-0.25, -0.2) is 5.48 Å². The van der Waals surface area contributed by atoms with Crippen LogP contribution in [-0.2, 0) is 21.6 Å². The van der Waals surface area contributed by atoms with Gasteiger partial charge in [-0.2, -0.15) is 0 Å². The van der Waals surface area contributed by atoms with Crippen LogP contribution in [0.25, 0.3) is 0 Å². The summed E-state index contributed by atoms with van der Waals surface area (Å²) < 4.78 is 5.93. The first kappa shape index (κ1) is 21.3. The molecule has 2 N–H and O–H groups in total. The number of rotatable bonds is 5. The highest BCUT2D eigenvalue weighted by Crippen LogP contribution is 2.44. The number of fused-ring (bicyclic) bond motifs is 1. The Balaban J connectivity index is 1.49. The number of aromatic nitrogens is 1. The predicted molar refractivity (Wildman–Crippen MR) is 115 cm³/mol. The van der Waals surface area contributed by atoms with Crippen LogP contribution < -0.4 is 10.2 Å². The first-order chi connectivity index (χ1) is 14.8. The molecule has 1 aromatic heterocycles. The van der Waals surface area contributed by atoms with Gasteiger partial charge in [-0.1, -0.05) is 12.1 Å². The van der Waals surface area contributed by atoms with Gasteiger partial charge in [-0.15, -0.1) is 0 Å². The van der Waals surface area contributed by atoms with Gasteiger partial charge in [0.05, 0.1) is 5.41 Å². The lowest BCUT2D eigenvalue weighted by molar-refractivity contribution is -0.147. The zero-order chi connectivity index (χ0) is 22.2. The number of carbonyl (C=O) groups is 2. The molecule has 4 rings (SSSR count). The van der Waals surface area contributed by atoms with Crippen LogP contribution in [0.15, 0.2) is 36.4 Å². The first-order valence-corrected chi connectivity index (χ1v) is 10.8. The Labute approximate surface area is 182 Å². The Morgan fingerprint density at radius 3 is 2.55 bits per heavy atom. The molecule has 164 valence electrons. The number of aryl methyl sites for hydroxylation is 2. The number of benzene rings is 1. The van der Waals surface area contributed by atoms with Crippen molar-refractivity contribution in [1.82, 2.24) is 15.4 Å². The summed E-state index contributed by atoms with van der Waals surface area (Å²) >= 11 is 0. The van der Waals surface area contributed by atoms with E-state index >= 15 is 0 Å². The van der Waals surface area contributed by atoms with Crippen molar-refractivity contribution in [2.75, 3.05) is 0 Å². The average Bonchev–Trinajstić information content (AvgIpc) is 3.02. The van der Waals surface area contributed by atoms with Crippen molar-refractivity contribution in [2.45, 2.75) is 70.6 Å². The van der Waals surface area contributed by atoms with E-state index in [2.05, 4.69) is 4.98 Å². The molecule has 31 heavy (non-hydrogen) atoms. The minimum Gasteiger partial charge on any atom is -0.489 e. The maximum absolute atomic E-state index is 13.4. The van der Waals surface area contributed by atoms with Crippen molar-refractivity contribution in [2.24, 2.45) is 0 Å². The van der Waals surface area contributed by atoms with Crippen molar-refractivity contribution >= 4 is 11.8 Å². The lowest BCUT2D eigenvalue weighted by Crippen LogP contribution is -2.53. The summed E-state index contributed by atoms with van der Waals surface area (Å²) in [4.78, 5) is 31.6. The Kier molecular flexibility index (Phi) is 5.71.